The van der Waals surface area contributed by atoms with Gasteiger partial charge in [0.2, 0.25) is 0 Å². The van der Waals surface area contributed by atoms with Crippen LogP contribution in [-0.4, -0.2) is 42.2 Å². The molecule has 0 saturated carbocycles. The lowest BCUT2D eigenvalue weighted by molar-refractivity contribution is 0.175. The number of hydrogen-bond donors (Lipinski definition) is 1. The number of likely N-dealkylation sites (tertiary alicyclic amines) is 1. The first-order valence-corrected chi connectivity index (χ1v) is 7.94. The van der Waals surface area contributed by atoms with E-state index >= 15 is 0 Å². The summed E-state index contributed by atoms with van der Waals surface area (Å²) in [6.45, 7) is 4.49. The summed E-state index contributed by atoms with van der Waals surface area (Å²) in [5.74, 6) is 0. The van der Waals surface area contributed by atoms with E-state index in [-0.39, 0.29) is 6.61 Å². The first kappa shape index (κ1) is 14.4. The zero-order chi connectivity index (χ0) is 14.7. The number of hydrogen-bond acceptors (Lipinski definition) is 4. The quantitative estimate of drug-likeness (QED) is 0.924. The molecule has 2 aliphatic rings. The fourth-order valence-electron chi connectivity index (χ4n) is 3.59. The fraction of sp³-hybridized carbons (Fsp3) is 0.588. The lowest BCUT2D eigenvalue weighted by atomic mass is 10.1. The first-order chi connectivity index (χ1) is 10.3. The third kappa shape index (κ3) is 3.04. The van der Waals surface area contributed by atoms with Gasteiger partial charge in [0.05, 0.1) is 17.9 Å². The van der Waals surface area contributed by atoms with Crippen LogP contribution < -0.4 is 4.90 Å². The summed E-state index contributed by atoms with van der Waals surface area (Å²) in [4.78, 5) is 4.95. The van der Waals surface area contributed by atoms with Crippen LogP contribution in [0.15, 0.2) is 18.2 Å². The Morgan fingerprint density at radius 3 is 2.71 bits per heavy atom. The molecular formula is C17H23N3O. The molecule has 0 spiro atoms. The zero-order valence-electron chi connectivity index (χ0n) is 12.5. The number of anilines is 1. The molecule has 2 saturated heterocycles. The molecule has 0 aromatic heterocycles. The maximum absolute atomic E-state index is 9.34. The van der Waals surface area contributed by atoms with Crippen LogP contribution in [0.4, 0.5) is 5.69 Å². The largest absolute Gasteiger partial charge is 0.392 e. The number of nitrogens with zero attached hydrogens (tertiary/aromatic N) is 3. The van der Waals surface area contributed by atoms with E-state index in [2.05, 4.69) is 15.9 Å². The number of aliphatic hydroxyl groups excluding tert-OH is 1. The normalized spacial score (nSPS) is 23.2. The second-order valence-corrected chi connectivity index (χ2v) is 6.11. The first-order valence-electron chi connectivity index (χ1n) is 7.94. The highest BCUT2D eigenvalue weighted by Gasteiger charge is 2.29. The summed E-state index contributed by atoms with van der Waals surface area (Å²) in [6, 6.07) is 8.63. The van der Waals surface area contributed by atoms with Crippen LogP contribution >= 0.6 is 0 Å². The average molecular weight is 285 g/mol. The van der Waals surface area contributed by atoms with Crippen molar-refractivity contribution in [2.24, 2.45) is 0 Å². The summed E-state index contributed by atoms with van der Waals surface area (Å²) in [6.07, 6.45) is 5.21. The van der Waals surface area contributed by atoms with Gasteiger partial charge in [-0.3, -0.25) is 4.90 Å². The molecule has 1 atom stereocenters. The predicted octanol–water partition coefficient (Wildman–Crippen LogP) is 2.12. The van der Waals surface area contributed by atoms with Gasteiger partial charge >= 0.3 is 0 Å². The van der Waals surface area contributed by atoms with E-state index in [1.165, 1.54) is 38.8 Å². The number of rotatable bonds is 3. The van der Waals surface area contributed by atoms with Crippen LogP contribution in [0, 0.1) is 11.3 Å². The Morgan fingerprint density at radius 2 is 2.00 bits per heavy atom. The van der Waals surface area contributed by atoms with Crippen molar-refractivity contribution in [3.8, 4) is 6.07 Å². The van der Waals surface area contributed by atoms with Gasteiger partial charge in [0.1, 0.15) is 6.07 Å². The number of nitriles is 1. The van der Waals surface area contributed by atoms with Gasteiger partial charge in [0.25, 0.3) is 0 Å². The maximum Gasteiger partial charge on any atom is 0.101 e. The molecule has 1 aromatic carbocycles. The van der Waals surface area contributed by atoms with Gasteiger partial charge in [-0.05, 0) is 50.0 Å². The van der Waals surface area contributed by atoms with Crippen molar-refractivity contribution in [1.82, 2.24) is 4.90 Å². The van der Waals surface area contributed by atoms with Crippen LogP contribution in [0.3, 0.4) is 0 Å². The van der Waals surface area contributed by atoms with Gasteiger partial charge in [-0.25, -0.2) is 0 Å². The highest BCUT2D eigenvalue weighted by atomic mass is 16.3. The van der Waals surface area contributed by atoms with Crippen molar-refractivity contribution in [3.63, 3.8) is 0 Å². The number of aliphatic hydroxyl groups is 1. The van der Waals surface area contributed by atoms with Gasteiger partial charge in [0, 0.05) is 19.1 Å². The molecule has 2 fully saturated rings. The minimum absolute atomic E-state index is 0.00857. The minimum Gasteiger partial charge on any atom is -0.392 e. The van der Waals surface area contributed by atoms with E-state index < -0.39 is 0 Å². The zero-order valence-corrected chi connectivity index (χ0v) is 12.5. The molecule has 0 bridgehead atoms. The summed E-state index contributed by atoms with van der Waals surface area (Å²) >= 11 is 0. The van der Waals surface area contributed by atoms with E-state index in [9.17, 15) is 10.4 Å². The topological polar surface area (TPSA) is 50.5 Å². The Hall–Kier alpha value is -1.57. The molecule has 4 heteroatoms. The highest BCUT2D eigenvalue weighted by molar-refractivity contribution is 5.61. The van der Waals surface area contributed by atoms with E-state index in [1.54, 1.807) is 0 Å². The second kappa shape index (κ2) is 6.46. The van der Waals surface area contributed by atoms with E-state index in [4.69, 9.17) is 0 Å². The summed E-state index contributed by atoms with van der Waals surface area (Å²) in [5.41, 5.74) is 2.51. The third-order valence-corrected chi connectivity index (χ3v) is 4.78. The van der Waals surface area contributed by atoms with Gasteiger partial charge < -0.3 is 10.0 Å². The molecule has 4 nitrogen and oxygen atoms in total. The Balaban J connectivity index is 1.72. The molecule has 1 N–H and O–H groups in total. The van der Waals surface area contributed by atoms with Crippen molar-refractivity contribution in [1.29, 1.82) is 5.26 Å². The van der Waals surface area contributed by atoms with E-state index in [1.807, 2.05) is 18.2 Å². The van der Waals surface area contributed by atoms with Crippen LogP contribution in [0.1, 0.15) is 36.8 Å². The average Bonchev–Trinajstić information content (AvgIpc) is 3.04. The molecule has 112 valence electrons. The van der Waals surface area contributed by atoms with Crippen molar-refractivity contribution in [2.45, 2.75) is 38.3 Å². The van der Waals surface area contributed by atoms with Crippen LogP contribution in [0.25, 0.3) is 0 Å². The van der Waals surface area contributed by atoms with Crippen molar-refractivity contribution in [3.05, 3.63) is 29.3 Å². The summed E-state index contributed by atoms with van der Waals surface area (Å²) < 4.78 is 0. The Kier molecular flexibility index (Phi) is 4.42. The van der Waals surface area contributed by atoms with E-state index in [0.717, 1.165) is 24.3 Å². The minimum atomic E-state index is -0.00857. The summed E-state index contributed by atoms with van der Waals surface area (Å²) in [7, 11) is 0. The molecule has 0 aliphatic carbocycles. The lowest BCUT2D eigenvalue weighted by Gasteiger charge is -2.32. The molecule has 1 aromatic rings. The van der Waals surface area contributed by atoms with Gasteiger partial charge in [-0.1, -0.05) is 12.5 Å². The van der Waals surface area contributed by atoms with E-state index in [0.29, 0.717) is 11.6 Å². The third-order valence-electron chi connectivity index (χ3n) is 4.78. The Labute approximate surface area is 126 Å². The maximum atomic E-state index is 9.34. The number of piperidine rings is 1. The van der Waals surface area contributed by atoms with Crippen LogP contribution in [-0.2, 0) is 6.61 Å². The SMILES string of the molecule is N#Cc1cc(CO)ccc1N1CCC(N2CCCCC2)C1. The van der Waals surface area contributed by atoms with Crippen molar-refractivity contribution in [2.75, 3.05) is 31.1 Å². The van der Waals surface area contributed by atoms with Crippen LogP contribution in [0.5, 0.6) is 0 Å². The van der Waals surface area contributed by atoms with Gasteiger partial charge in [-0.2, -0.15) is 5.26 Å². The molecule has 21 heavy (non-hydrogen) atoms. The second-order valence-electron chi connectivity index (χ2n) is 6.11. The molecule has 3 rings (SSSR count). The molecule has 2 heterocycles. The molecule has 0 radical (unpaired) electrons. The predicted molar refractivity (Wildman–Crippen MR) is 83.1 cm³/mol. The van der Waals surface area contributed by atoms with Gasteiger partial charge in [-0.15, -0.1) is 0 Å². The molecular weight excluding hydrogens is 262 g/mol. The smallest absolute Gasteiger partial charge is 0.101 e. The summed E-state index contributed by atoms with van der Waals surface area (Å²) in [5, 5.41) is 18.5. The molecule has 0 amide bonds. The monoisotopic (exact) mass is 285 g/mol. The fourth-order valence-corrected chi connectivity index (χ4v) is 3.59. The van der Waals surface area contributed by atoms with Crippen molar-refractivity contribution >= 4 is 5.69 Å². The lowest BCUT2D eigenvalue weighted by Crippen LogP contribution is -2.40. The van der Waals surface area contributed by atoms with Gasteiger partial charge in [0.15, 0.2) is 0 Å². The molecule has 2 aliphatic heterocycles. The Morgan fingerprint density at radius 1 is 1.19 bits per heavy atom. The van der Waals surface area contributed by atoms with Crippen molar-refractivity contribution < 1.29 is 5.11 Å². The standard InChI is InChI=1S/C17H23N3O/c18-11-15-10-14(13-21)4-5-17(15)20-9-6-16(12-20)19-7-2-1-3-8-19/h4-5,10,16,21H,1-3,6-9,12-13H2. The van der Waals surface area contributed by atoms with Crippen LogP contribution in [0.2, 0.25) is 0 Å². The number of benzene rings is 1. The molecule has 1 unspecified atom stereocenters. The Bertz CT molecular complexity index is 531. The highest BCUT2D eigenvalue weighted by Crippen LogP contribution is 2.28.